The minimum absolute atomic E-state index is 0.131. The second kappa shape index (κ2) is 5.79. The lowest BCUT2D eigenvalue weighted by Crippen LogP contribution is -2.40. The number of hydrogen-bond donors (Lipinski definition) is 3. The van der Waals surface area contributed by atoms with Gasteiger partial charge in [0.15, 0.2) is 0 Å². The van der Waals surface area contributed by atoms with E-state index in [1.165, 1.54) is 7.11 Å². The summed E-state index contributed by atoms with van der Waals surface area (Å²) in [5.41, 5.74) is 0. The summed E-state index contributed by atoms with van der Waals surface area (Å²) in [5, 5.41) is 18.6. The highest BCUT2D eigenvalue weighted by Gasteiger charge is 2.20. The molecule has 1 amide bonds. The maximum atomic E-state index is 10.6. The van der Waals surface area contributed by atoms with Gasteiger partial charge in [-0.15, -0.1) is 0 Å². The molecule has 0 aliphatic heterocycles. The van der Waals surface area contributed by atoms with Gasteiger partial charge in [0.05, 0.1) is 7.11 Å². The molecule has 0 aromatic rings. The predicted octanol–water partition coefficient (Wildman–Crippen LogP) is -0.340. The van der Waals surface area contributed by atoms with Gasteiger partial charge >= 0.3 is 18.0 Å². The Kier molecular flexibility index (Phi) is 5.05. The van der Waals surface area contributed by atoms with Crippen molar-refractivity contribution in [2.24, 2.45) is 0 Å². The summed E-state index contributed by atoms with van der Waals surface area (Å²) in [6, 6.07) is -1.29. The van der Waals surface area contributed by atoms with Crippen molar-refractivity contribution in [3.05, 3.63) is 0 Å². The number of aliphatic carboxylic acids is 1. The fourth-order valence-electron chi connectivity index (χ4n) is 0.771. The number of carbonyl (C=O) groups is 3. The third-order valence-electron chi connectivity index (χ3n) is 1.46. The molecule has 80 valence electrons. The van der Waals surface area contributed by atoms with Crippen LogP contribution in [0.25, 0.3) is 0 Å². The van der Waals surface area contributed by atoms with E-state index >= 15 is 0 Å². The second-order valence-corrected chi connectivity index (χ2v) is 2.46. The number of esters is 1. The average Bonchev–Trinajstić information content (AvgIpc) is 2.10. The molecular weight excluding hydrogens is 194 g/mol. The number of carboxylic acid groups (broad SMARTS) is 2. The van der Waals surface area contributed by atoms with Crippen LogP contribution in [0, 0.1) is 0 Å². The number of hydrogen-bond acceptors (Lipinski definition) is 4. The molecule has 0 saturated heterocycles. The average molecular weight is 205 g/mol. The van der Waals surface area contributed by atoms with Crippen molar-refractivity contribution in [2.75, 3.05) is 7.11 Å². The number of rotatable bonds is 5. The smallest absolute Gasteiger partial charge is 0.405 e. The molecule has 0 aromatic carbocycles. The van der Waals surface area contributed by atoms with Crippen LogP contribution in [0.3, 0.4) is 0 Å². The maximum Gasteiger partial charge on any atom is 0.405 e. The van der Waals surface area contributed by atoms with E-state index in [9.17, 15) is 14.4 Å². The number of carboxylic acids is 1. The fraction of sp³-hybridized carbons (Fsp3) is 0.571. The molecule has 0 heterocycles. The molecule has 0 aliphatic carbocycles. The Hall–Kier alpha value is -1.79. The molecule has 7 nitrogen and oxygen atoms in total. The number of carbonyl (C=O) groups excluding carboxylic acids is 1. The zero-order valence-electron chi connectivity index (χ0n) is 7.52. The van der Waals surface area contributed by atoms with Crippen molar-refractivity contribution in [3.8, 4) is 0 Å². The predicted molar refractivity (Wildman–Crippen MR) is 43.8 cm³/mol. The quantitative estimate of drug-likeness (QED) is 0.529. The highest BCUT2D eigenvalue weighted by molar-refractivity contribution is 5.80. The Morgan fingerprint density at radius 2 is 1.93 bits per heavy atom. The van der Waals surface area contributed by atoms with Crippen molar-refractivity contribution >= 4 is 18.0 Å². The molecule has 1 atom stereocenters. The van der Waals surface area contributed by atoms with Crippen LogP contribution in [0.15, 0.2) is 0 Å². The second-order valence-electron chi connectivity index (χ2n) is 2.46. The van der Waals surface area contributed by atoms with Crippen molar-refractivity contribution in [2.45, 2.75) is 18.9 Å². The molecule has 0 unspecified atom stereocenters. The number of methoxy groups -OCH3 is 1. The zero-order valence-corrected chi connectivity index (χ0v) is 7.52. The van der Waals surface area contributed by atoms with E-state index in [1.807, 2.05) is 0 Å². The summed E-state index contributed by atoms with van der Waals surface area (Å²) in [5.74, 6) is -1.90. The Balaban J connectivity index is 4.04. The third kappa shape index (κ3) is 4.96. The first kappa shape index (κ1) is 12.2. The fourth-order valence-corrected chi connectivity index (χ4v) is 0.771. The van der Waals surface area contributed by atoms with Gasteiger partial charge < -0.3 is 20.3 Å². The SMILES string of the molecule is COC(=O)CC[C@H](NC(=O)O)C(=O)O. The van der Waals surface area contributed by atoms with Gasteiger partial charge in [-0.1, -0.05) is 0 Å². The van der Waals surface area contributed by atoms with Gasteiger partial charge in [0.2, 0.25) is 0 Å². The van der Waals surface area contributed by atoms with Gasteiger partial charge in [-0.3, -0.25) is 4.79 Å². The van der Waals surface area contributed by atoms with E-state index in [-0.39, 0.29) is 12.8 Å². The van der Waals surface area contributed by atoms with E-state index in [1.54, 1.807) is 5.32 Å². The summed E-state index contributed by atoms with van der Waals surface area (Å²) in [6.07, 6.45) is -1.72. The summed E-state index contributed by atoms with van der Waals surface area (Å²) < 4.78 is 4.28. The van der Waals surface area contributed by atoms with Gasteiger partial charge in [-0.2, -0.15) is 0 Å². The number of ether oxygens (including phenoxy) is 1. The lowest BCUT2D eigenvalue weighted by Gasteiger charge is -2.10. The lowest BCUT2D eigenvalue weighted by molar-refractivity contribution is -0.142. The monoisotopic (exact) mass is 205 g/mol. The van der Waals surface area contributed by atoms with E-state index < -0.39 is 24.1 Å². The minimum Gasteiger partial charge on any atom is -0.480 e. The Morgan fingerprint density at radius 1 is 1.36 bits per heavy atom. The van der Waals surface area contributed by atoms with Crippen LogP contribution < -0.4 is 5.32 Å². The van der Waals surface area contributed by atoms with Crippen LogP contribution in [0.4, 0.5) is 4.79 Å². The maximum absolute atomic E-state index is 10.6. The molecule has 0 aromatic heterocycles. The highest BCUT2D eigenvalue weighted by Crippen LogP contribution is 1.99. The summed E-state index contributed by atoms with van der Waals surface area (Å²) in [7, 11) is 1.17. The van der Waals surface area contributed by atoms with E-state index in [4.69, 9.17) is 10.2 Å². The molecule has 3 N–H and O–H groups in total. The first-order chi connectivity index (χ1) is 6.47. The molecule has 7 heteroatoms. The lowest BCUT2D eigenvalue weighted by atomic mass is 10.1. The number of amides is 1. The van der Waals surface area contributed by atoms with Crippen molar-refractivity contribution in [3.63, 3.8) is 0 Å². The first-order valence-corrected chi connectivity index (χ1v) is 3.76. The van der Waals surface area contributed by atoms with E-state index in [0.717, 1.165) is 0 Å². The number of nitrogens with one attached hydrogen (secondary N) is 1. The first-order valence-electron chi connectivity index (χ1n) is 3.76. The standard InChI is InChI=1S/C7H11NO6/c1-14-5(9)3-2-4(6(10)11)8-7(12)13/h4,8H,2-3H2,1H3,(H,10,11)(H,12,13)/t4-/m0/s1. The molecule has 0 spiro atoms. The van der Waals surface area contributed by atoms with Crippen LogP contribution in [0.2, 0.25) is 0 Å². The van der Waals surface area contributed by atoms with Crippen molar-refractivity contribution in [1.29, 1.82) is 0 Å². The zero-order chi connectivity index (χ0) is 11.1. The Morgan fingerprint density at radius 3 is 2.29 bits per heavy atom. The van der Waals surface area contributed by atoms with Crippen LogP contribution in [-0.4, -0.2) is 41.4 Å². The van der Waals surface area contributed by atoms with Crippen LogP contribution in [0.5, 0.6) is 0 Å². The summed E-state index contributed by atoms with van der Waals surface area (Å²) in [6.45, 7) is 0. The van der Waals surface area contributed by atoms with Crippen LogP contribution in [-0.2, 0) is 14.3 Å². The summed E-state index contributed by atoms with van der Waals surface area (Å²) in [4.78, 5) is 31.2. The molecule has 0 saturated carbocycles. The molecule has 0 aliphatic rings. The highest BCUT2D eigenvalue weighted by atomic mass is 16.5. The van der Waals surface area contributed by atoms with Crippen LogP contribution >= 0.6 is 0 Å². The van der Waals surface area contributed by atoms with Gasteiger partial charge in [-0.05, 0) is 6.42 Å². The molecular formula is C7H11NO6. The largest absolute Gasteiger partial charge is 0.480 e. The Bertz CT molecular complexity index is 238. The van der Waals surface area contributed by atoms with Gasteiger partial charge in [0.1, 0.15) is 6.04 Å². The normalized spacial score (nSPS) is 11.5. The minimum atomic E-state index is -1.44. The van der Waals surface area contributed by atoms with Gasteiger partial charge in [0.25, 0.3) is 0 Å². The van der Waals surface area contributed by atoms with Crippen molar-refractivity contribution < 1.29 is 29.3 Å². The van der Waals surface area contributed by atoms with Gasteiger partial charge in [0, 0.05) is 6.42 Å². The molecule has 0 bridgehead atoms. The van der Waals surface area contributed by atoms with Gasteiger partial charge in [-0.25, -0.2) is 9.59 Å². The molecule has 0 radical (unpaired) electrons. The summed E-state index contributed by atoms with van der Waals surface area (Å²) >= 11 is 0. The topological polar surface area (TPSA) is 113 Å². The molecule has 0 rings (SSSR count). The molecule has 14 heavy (non-hydrogen) atoms. The van der Waals surface area contributed by atoms with E-state index in [0.29, 0.717) is 0 Å². The van der Waals surface area contributed by atoms with E-state index in [2.05, 4.69) is 4.74 Å². The van der Waals surface area contributed by atoms with Crippen LogP contribution in [0.1, 0.15) is 12.8 Å². The third-order valence-corrected chi connectivity index (χ3v) is 1.46. The van der Waals surface area contributed by atoms with Crippen molar-refractivity contribution in [1.82, 2.24) is 5.32 Å². The molecule has 0 fully saturated rings. The Labute approximate surface area is 79.7 Å².